The van der Waals surface area contributed by atoms with Crippen LogP contribution in [0.25, 0.3) is 0 Å². The van der Waals surface area contributed by atoms with Crippen LogP contribution in [-0.2, 0) is 13.2 Å². The van der Waals surface area contributed by atoms with Gasteiger partial charge in [-0.25, -0.2) is 0 Å². The van der Waals surface area contributed by atoms with E-state index in [1.165, 1.54) is 0 Å². The minimum absolute atomic E-state index is 0.331. The first-order chi connectivity index (χ1) is 10.0. The molecule has 0 bridgehead atoms. The van der Waals surface area contributed by atoms with E-state index in [1.54, 1.807) is 6.07 Å². The van der Waals surface area contributed by atoms with Crippen LogP contribution >= 0.6 is 23.2 Å². The number of nitrogens with one attached hydrogen (secondary N) is 1. The van der Waals surface area contributed by atoms with Gasteiger partial charge in [-0.1, -0.05) is 23.2 Å². The summed E-state index contributed by atoms with van der Waals surface area (Å²) in [4.78, 5) is 0. The number of hydrogen-bond acceptors (Lipinski definition) is 3. The van der Waals surface area contributed by atoms with Gasteiger partial charge in [0.05, 0.1) is 10.7 Å². The second-order valence-electron chi connectivity index (χ2n) is 5.08. The molecule has 0 saturated heterocycles. The fourth-order valence-electron chi connectivity index (χ4n) is 1.99. The molecule has 0 aliphatic carbocycles. The Labute approximate surface area is 135 Å². The summed E-state index contributed by atoms with van der Waals surface area (Å²) in [5.74, 6) is 0.648. The molecule has 114 valence electrons. The highest BCUT2D eigenvalue weighted by atomic mass is 35.5. The van der Waals surface area contributed by atoms with Crippen LogP contribution in [0.2, 0.25) is 10.0 Å². The van der Waals surface area contributed by atoms with Gasteiger partial charge < -0.3 is 10.1 Å². The highest BCUT2D eigenvalue weighted by Gasteiger charge is 2.11. The molecule has 1 heterocycles. The molecule has 0 atom stereocenters. The maximum Gasteiger partial charge on any atom is 0.143 e. The summed E-state index contributed by atoms with van der Waals surface area (Å²) >= 11 is 12.3. The van der Waals surface area contributed by atoms with Crippen LogP contribution in [0.15, 0.2) is 24.4 Å². The molecule has 0 amide bonds. The largest absolute Gasteiger partial charge is 0.485 e. The van der Waals surface area contributed by atoms with Gasteiger partial charge in [-0.2, -0.15) is 5.10 Å². The third-order valence-corrected chi connectivity index (χ3v) is 3.51. The number of aromatic nitrogens is 2. The summed E-state index contributed by atoms with van der Waals surface area (Å²) < 4.78 is 7.75. The molecule has 2 rings (SSSR count). The minimum Gasteiger partial charge on any atom is -0.485 e. The molecule has 2 aromatic rings. The number of nitrogens with zero attached hydrogens (tertiary/aromatic N) is 2. The molecular formula is C15H19Cl2N3O. The molecule has 4 nitrogen and oxygen atoms in total. The van der Waals surface area contributed by atoms with Gasteiger partial charge >= 0.3 is 0 Å². The third kappa shape index (κ3) is 4.13. The van der Waals surface area contributed by atoms with Crippen LogP contribution in [0, 0.1) is 0 Å². The van der Waals surface area contributed by atoms with Gasteiger partial charge in [-0.05, 0) is 39.1 Å². The Morgan fingerprint density at radius 3 is 2.71 bits per heavy atom. The molecule has 0 radical (unpaired) electrons. The number of halogens is 2. The SMILES string of the molecule is CNCc1cc(Cl)cc(Cl)c1OCc1ccn(C(C)C)n1. The molecule has 0 aliphatic heterocycles. The van der Waals surface area contributed by atoms with Crippen LogP contribution in [0.1, 0.15) is 31.1 Å². The van der Waals surface area contributed by atoms with Crippen LogP contribution in [-0.4, -0.2) is 16.8 Å². The summed E-state index contributed by atoms with van der Waals surface area (Å²) in [6.45, 7) is 5.17. The predicted octanol–water partition coefficient (Wildman–Crippen LogP) is 4.07. The maximum absolute atomic E-state index is 6.23. The van der Waals surface area contributed by atoms with Gasteiger partial charge in [0.1, 0.15) is 12.4 Å². The first kappa shape index (κ1) is 16.1. The topological polar surface area (TPSA) is 39.1 Å². The molecule has 1 N–H and O–H groups in total. The van der Waals surface area contributed by atoms with Crippen molar-refractivity contribution in [1.82, 2.24) is 15.1 Å². The minimum atomic E-state index is 0.331. The van der Waals surface area contributed by atoms with Crippen molar-refractivity contribution in [1.29, 1.82) is 0 Å². The fraction of sp³-hybridized carbons (Fsp3) is 0.400. The molecule has 0 unspecified atom stereocenters. The Bertz CT molecular complexity index is 611. The molecule has 6 heteroatoms. The Hall–Kier alpha value is -1.23. The highest BCUT2D eigenvalue weighted by molar-refractivity contribution is 6.35. The predicted molar refractivity (Wildman–Crippen MR) is 86.2 cm³/mol. The zero-order valence-electron chi connectivity index (χ0n) is 12.4. The zero-order valence-corrected chi connectivity index (χ0v) is 13.9. The normalized spacial score (nSPS) is 11.1. The van der Waals surface area contributed by atoms with E-state index in [1.807, 2.05) is 30.1 Å². The van der Waals surface area contributed by atoms with Crippen molar-refractivity contribution < 1.29 is 4.74 Å². The monoisotopic (exact) mass is 327 g/mol. The average molecular weight is 328 g/mol. The summed E-state index contributed by atoms with van der Waals surface area (Å²) in [5, 5.41) is 8.64. The Balaban J connectivity index is 2.14. The second-order valence-corrected chi connectivity index (χ2v) is 5.92. The number of rotatable bonds is 6. The van der Waals surface area contributed by atoms with Crippen LogP contribution in [0.4, 0.5) is 0 Å². The standard InChI is InChI=1S/C15H19Cl2N3O/c1-10(2)20-5-4-13(19-20)9-21-15-11(8-18-3)6-12(16)7-14(15)17/h4-7,10,18H,8-9H2,1-3H3. The lowest BCUT2D eigenvalue weighted by Crippen LogP contribution is -2.08. The smallest absolute Gasteiger partial charge is 0.143 e. The van der Waals surface area contributed by atoms with Crippen molar-refractivity contribution in [2.75, 3.05) is 7.05 Å². The Kier molecular flexibility index (Phi) is 5.51. The van der Waals surface area contributed by atoms with E-state index < -0.39 is 0 Å². The van der Waals surface area contributed by atoms with Crippen molar-refractivity contribution in [2.24, 2.45) is 0 Å². The fourth-order valence-corrected chi connectivity index (χ4v) is 2.58. The van der Waals surface area contributed by atoms with E-state index in [9.17, 15) is 0 Å². The van der Waals surface area contributed by atoms with Crippen molar-refractivity contribution in [2.45, 2.75) is 33.0 Å². The number of ether oxygens (including phenoxy) is 1. The van der Waals surface area contributed by atoms with E-state index in [0.29, 0.717) is 35.0 Å². The Morgan fingerprint density at radius 2 is 2.10 bits per heavy atom. The summed E-state index contributed by atoms with van der Waals surface area (Å²) in [7, 11) is 1.86. The summed E-state index contributed by atoms with van der Waals surface area (Å²) in [6, 6.07) is 5.82. The lowest BCUT2D eigenvalue weighted by atomic mass is 10.2. The van der Waals surface area contributed by atoms with Gasteiger partial charge in [-0.15, -0.1) is 0 Å². The zero-order chi connectivity index (χ0) is 15.4. The van der Waals surface area contributed by atoms with Crippen molar-refractivity contribution >= 4 is 23.2 Å². The van der Waals surface area contributed by atoms with Crippen molar-refractivity contribution in [3.63, 3.8) is 0 Å². The maximum atomic E-state index is 6.23. The molecule has 0 spiro atoms. The highest BCUT2D eigenvalue weighted by Crippen LogP contribution is 2.33. The molecule has 21 heavy (non-hydrogen) atoms. The van der Waals surface area contributed by atoms with Gasteiger partial charge in [0.15, 0.2) is 0 Å². The van der Waals surface area contributed by atoms with E-state index in [0.717, 1.165) is 11.3 Å². The quantitative estimate of drug-likeness (QED) is 0.869. The summed E-state index contributed by atoms with van der Waals surface area (Å²) in [5.41, 5.74) is 1.79. The molecular weight excluding hydrogens is 309 g/mol. The molecule has 1 aromatic carbocycles. The molecule has 0 fully saturated rings. The molecule has 1 aromatic heterocycles. The van der Waals surface area contributed by atoms with Crippen molar-refractivity contribution in [3.8, 4) is 5.75 Å². The first-order valence-electron chi connectivity index (χ1n) is 6.80. The molecule has 0 aliphatic rings. The van der Waals surface area contributed by atoms with E-state index >= 15 is 0 Å². The van der Waals surface area contributed by atoms with E-state index in [4.69, 9.17) is 27.9 Å². The van der Waals surface area contributed by atoms with Crippen LogP contribution in [0.5, 0.6) is 5.75 Å². The number of hydrogen-bond donors (Lipinski definition) is 1. The van der Waals surface area contributed by atoms with Gasteiger partial charge in [0, 0.05) is 29.4 Å². The number of benzene rings is 1. The summed E-state index contributed by atoms with van der Waals surface area (Å²) in [6.07, 6.45) is 1.95. The van der Waals surface area contributed by atoms with E-state index in [2.05, 4.69) is 24.3 Å². The van der Waals surface area contributed by atoms with Gasteiger partial charge in [-0.3, -0.25) is 4.68 Å². The first-order valence-corrected chi connectivity index (χ1v) is 7.56. The lowest BCUT2D eigenvalue weighted by molar-refractivity contribution is 0.295. The molecule has 0 saturated carbocycles. The van der Waals surface area contributed by atoms with Gasteiger partial charge in [0.25, 0.3) is 0 Å². The van der Waals surface area contributed by atoms with Crippen molar-refractivity contribution in [3.05, 3.63) is 45.7 Å². The lowest BCUT2D eigenvalue weighted by Gasteiger charge is -2.13. The van der Waals surface area contributed by atoms with E-state index in [-0.39, 0.29) is 0 Å². The van der Waals surface area contributed by atoms with Crippen LogP contribution in [0.3, 0.4) is 0 Å². The Morgan fingerprint density at radius 1 is 1.33 bits per heavy atom. The third-order valence-electron chi connectivity index (χ3n) is 3.01. The average Bonchev–Trinajstić information content (AvgIpc) is 2.87. The van der Waals surface area contributed by atoms with Crippen LogP contribution < -0.4 is 10.1 Å². The van der Waals surface area contributed by atoms with Gasteiger partial charge in [0.2, 0.25) is 0 Å². The second kappa shape index (κ2) is 7.16.